The molecular weight excluding hydrogens is 280 g/mol. The quantitative estimate of drug-likeness (QED) is 0.447. The predicted molar refractivity (Wildman–Crippen MR) is 106 cm³/mol. The van der Waals surface area contributed by atoms with Crippen LogP contribution in [-0.4, -0.2) is 25.8 Å². The third-order valence-electron chi connectivity index (χ3n) is 3.12. The molecule has 0 spiro atoms. The third-order valence-corrected chi connectivity index (χ3v) is 3.12. The zero-order valence-corrected chi connectivity index (χ0v) is 14.9. The first-order valence-corrected chi connectivity index (χ1v) is 7.84. The van der Waals surface area contributed by atoms with Crippen LogP contribution < -0.4 is 5.32 Å². The smallest absolute Gasteiger partial charge is 0.0578 e. The number of allylic oxidation sites excluding steroid dienone is 11. The van der Waals surface area contributed by atoms with Crippen molar-refractivity contribution in [3.05, 3.63) is 84.6 Å². The molecular formula is C21H30N2. The summed E-state index contributed by atoms with van der Waals surface area (Å²) >= 11 is 0. The number of hydrogen-bond acceptors (Lipinski definition) is 2. The maximum Gasteiger partial charge on any atom is 0.0578 e. The van der Waals surface area contributed by atoms with E-state index in [0.717, 1.165) is 5.57 Å². The average Bonchev–Trinajstić information content (AvgIpc) is 2.55. The molecule has 0 fully saturated rings. The van der Waals surface area contributed by atoms with Gasteiger partial charge in [0.25, 0.3) is 0 Å². The first-order valence-electron chi connectivity index (χ1n) is 7.84. The van der Waals surface area contributed by atoms with Crippen LogP contribution in [0.3, 0.4) is 0 Å². The van der Waals surface area contributed by atoms with Crippen molar-refractivity contribution in [1.29, 1.82) is 0 Å². The molecule has 2 nitrogen and oxygen atoms in total. The van der Waals surface area contributed by atoms with E-state index >= 15 is 0 Å². The lowest BCUT2D eigenvalue weighted by Gasteiger charge is -2.07. The molecule has 23 heavy (non-hydrogen) atoms. The van der Waals surface area contributed by atoms with E-state index in [4.69, 9.17) is 0 Å². The lowest BCUT2D eigenvalue weighted by molar-refractivity contribution is 0.679. The van der Waals surface area contributed by atoms with E-state index in [2.05, 4.69) is 61.6 Å². The second kappa shape index (κ2) is 13.5. The van der Waals surface area contributed by atoms with E-state index in [1.165, 1.54) is 11.1 Å². The molecule has 0 saturated heterocycles. The van der Waals surface area contributed by atoms with Crippen LogP contribution in [0.2, 0.25) is 0 Å². The fourth-order valence-corrected chi connectivity index (χ4v) is 1.66. The van der Waals surface area contributed by atoms with Crippen LogP contribution in [0.1, 0.15) is 20.8 Å². The van der Waals surface area contributed by atoms with Crippen LogP contribution in [0.25, 0.3) is 0 Å². The highest BCUT2D eigenvalue weighted by Gasteiger charge is 1.97. The molecule has 0 saturated carbocycles. The molecule has 124 valence electrons. The van der Waals surface area contributed by atoms with Gasteiger partial charge in [-0.15, -0.1) is 0 Å². The summed E-state index contributed by atoms with van der Waals surface area (Å²) < 4.78 is 0. The van der Waals surface area contributed by atoms with Gasteiger partial charge < -0.3 is 5.32 Å². The van der Waals surface area contributed by atoms with Crippen LogP contribution in [0.5, 0.6) is 0 Å². The summed E-state index contributed by atoms with van der Waals surface area (Å²) in [5.74, 6) is 0. The minimum Gasteiger partial charge on any atom is -0.312 e. The SMILES string of the molecule is C=C/C=C\C(=C)/C=C\C(CN=C\C=C/C(C)=C\C(C)=C\C)NC. The van der Waals surface area contributed by atoms with E-state index in [9.17, 15) is 0 Å². The molecule has 0 aromatic carbocycles. The number of likely N-dealkylation sites (N-methyl/N-ethyl adjacent to an activating group) is 1. The largest absolute Gasteiger partial charge is 0.312 e. The second-order valence-corrected chi connectivity index (χ2v) is 5.22. The predicted octanol–water partition coefficient (Wildman–Crippen LogP) is 4.97. The Morgan fingerprint density at radius 2 is 1.87 bits per heavy atom. The molecule has 2 heteroatoms. The van der Waals surface area contributed by atoms with E-state index in [1.807, 2.05) is 44.5 Å². The van der Waals surface area contributed by atoms with Crippen molar-refractivity contribution in [3.8, 4) is 0 Å². The summed E-state index contributed by atoms with van der Waals surface area (Å²) in [6.07, 6.45) is 19.7. The van der Waals surface area contributed by atoms with Crippen molar-refractivity contribution >= 4 is 6.21 Å². The maximum absolute atomic E-state index is 4.42. The summed E-state index contributed by atoms with van der Waals surface area (Å²) in [6, 6.07) is 0.190. The van der Waals surface area contributed by atoms with E-state index < -0.39 is 0 Å². The van der Waals surface area contributed by atoms with Gasteiger partial charge in [0.1, 0.15) is 0 Å². The van der Waals surface area contributed by atoms with E-state index in [1.54, 1.807) is 6.08 Å². The summed E-state index contributed by atoms with van der Waals surface area (Å²) in [6.45, 7) is 14.5. The first-order chi connectivity index (χ1) is 11.0. The highest BCUT2D eigenvalue weighted by Crippen LogP contribution is 2.02. The molecule has 0 aliphatic carbocycles. The maximum atomic E-state index is 4.42. The Morgan fingerprint density at radius 3 is 2.48 bits per heavy atom. The summed E-state index contributed by atoms with van der Waals surface area (Å²) in [4.78, 5) is 4.42. The Morgan fingerprint density at radius 1 is 1.13 bits per heavy atom. The number of rotatable bonds is 10. The van der Waals surface area contributed by atoms with Gasteiger partial charge in [0.05, 0.1) is 6.54 Å². The molecule has 0 aliphatic heterocycles. The highest BCUT2D eigenvalue weighted by atomic mass is 14.9. The van der Waals surface area contributed by atoms with E-state index in [-0.39, 0.29) is 6.04 Å². The Balaban J connectivity index is 4.43. The van der Waals surface area contributed by atoms with Crippen molar-refractivity contribution in [2.24, 2.45) is 4.99 Å². The van der Waals surface area contributed by atoms with E-state index in [0.29, 0.717) is 6.54 Å². The van der Waals surface area contributed by atoms with Crippen LogP contribution in [0.15, 0.2) is 89.6 Å². The van der Waals surface area contributed by atoms with Gasteiger partial charge in [-0.05, 0) is 39.5 Å². The van der Waals surface area contributed by atoms with Crippen molar-refractivity contribution < 1.29 is 0 Å². The topological polar surface area (TPSA) is 24.4 Å². The Hall–Kier alpha value is -2.19. The third kappa shape index (κ3) is 12.1. The van der Waals surface area contributed by atoms with Gasteiger partial charge in [-0.2, -0.15) is 0 Å². The Labute approximate surface area is 142 Å². The van der Waals surface area contributed by atoms with Gasteiger partial charge in [-0.3, -0.25) is 4.99 Å². The summed E-state index contributed by atoms with van der Waals surface area (Å²) in [5, 5.41) is 3.22. The van der Waals surface area contributed by atoms with Crippen LogP contribution in [0, 0.1) is 0 Å². The normalized spacial score (nSPS) is 15.3. The van der Waals surface area contributed by atoms with Gasteiger partial charge in [0.15, 0.2) is 0 Å². The standard InChI is InChI=1S/C21H30N2/c1-7-9-11-19(4)13-14-21(22-6)17-23-15-10-12-20(5)16-18(3)8-2/h7-16,21-22H,1,4,17H2,2-3,5-6H3/b11-9-,12-10-,14-13-,18-8+,20-16-,23-15?. The highest BCUT2D eigenvalue weighted by molar-refractivity contribution is 5.71. The molecule has 1 unspecified atom stereocenters. The Kier molecular flexibility index (Phi) is 12.2. The zero-order valence-electron chi connectivity index (χ0n) is 14.9. The van der Waals surface area contributed by atoms with Gasteiger partial charge in [-0.25, -0.2) is 0 Å². The van der Waals surface area contributed by atoms with Gasteiger partial charge in [0, 0.05) is 12.3 Å². The number of aliphatic imine (C=N–C) groups is 1. The molecule has 1 atom stereocenters. The fraction of sp³-hybridized carbons (Fsp3) is 0.286. The summed E-state index contributed by atoms with van der Waals surface area (Å²) in [5.41, 5.74) is 3.41. The number of nitrogens with zero attached hydrogens (tertiary/aromatic N) is 1. The molecule has 0 aromatic heterocycles. The molecule has 0 radical (unpaired) electrons. The Bertz CT molecular complexity index is 540. The lowest BCUT2D eigenvalue weighted by atomic mass is 10.2. The molecule has 0 heterocycles. The number of nitrogens with one attached hydrogen (secondary N) is 1. The molecule has 0 rings (SSSR count). The minimum atomic E-state index is 0.190. The fourth-order valence-electron chi connectivity index (χ4n) is 1.66. The monoisotopic (exact) mass is 310 g/mol. The number of hydrogen-bond donors (Lipinski definition) is 1. The first kappa shape index (κ1) is 20.8. The average molecular weight is 310 g/mol. The van der Waals surface area contributed by atoms with Crippen molar-refractivity contribution in [3.63, 3.8) is 0 Å². The van der Waals surface area contributed by atoms with Crippen LogP contribution in [-0.2, 0) is 0 Å². The van der Waals surface area contributed by atoms with Crippen molar-refractivity contribution in [1.82, 2.24) is 5.32 Å². The van der Waals surface area contributed by atoms with Crippen molar-refractivity contribution in [2.75, 3.05) is 13.6 Å². The second-order valence-electron chi connectivity index (χ2n) is 5.22. The van der Waals surface area contributed by atoms with Crippen LogP contribution >= 0.6 is 0 Å². The lowest BCUT2D eigenvalue weighted by Crippen LogP contribution is -2.25. The molecule has 0 aliphatic rings. The summed E-state index contributed by atoms with van der Waals surface area (Å²) in [7, 11) is 1.93. The van der Waals surface area contributed by atoms with Crippen LogP contribution in [0.4, 0.5) is 0 Å². The van der Waals surface area contributed by atoms with Gasteiger partial charge in [-0.1, -0.05) is 72.9 Å². The molecule has 1 N–H and O–H groups in total. The molecule has 0 amide bonds. The zero-order chi connectivity index (χ0) is 17.5. The molecule has 0 bridgehead atoms. The van der Waals surface area contributed by atoms with Gasteiger partial charge >= 0.3 is 0 Å². The van der Waals surface area contributed by atoms with Crippen molar-refractivity contribution in [2.45, 2.75) is 26.8 Å². The minimum absolute atomic E-state index is 0.190. The van der Waals surface area contributed by atoms with Gasteiger partial charge in [0.2, 0.25) is 0 Å². The molecule has 0 aromatic rings.